The van der Waals surface area contributed by atoms with Crippen molar-refractivity contribution in [1.29, 1.82) is 0 Å². The smallest absolute Gasteiger partial charge is 0.716 e. The molecule has 0 bridgehead atoms. The summed E-state index contributed by atoms with van der Waals surface area (Å²) in [5.41, 5.74) is 0. The molecular formula is C4H4Na2O7S. The van der Waals surface area contributed by atoms with Gasteiger partial charge in [0, 0.05) is 5.97 Å². The molecule has 14 heavy (non-hydrogen) atoms. The van der Waals surface area contributed by atoms with Gasteiger partial charge in [-0.1, -0.05) is 0 Å². The van der Waals surface area contributed by atoms with Gasteiger partial charge in [-0.3, -0.25) is 4.79 Å². The molecule has 0 saturated carbocycles. The first kappa shape index (κ1) is 20.3. The summed E-state index contributed by atoms with van der Waals surface area (Å²) in [6, 6.07) is 0. The number of aliphatic carboxylic acids is 1. The Hall–Kier alpha value is 0.850. The van der Waals surface area contributed by atoms with Crippen LogP contribution in [0, 0.1) is 0 Å². The van der Waals surface area contributed by atoms with Gasteiger partial charge in [-0.05, 0) is 6.42 Å². The van der Waals surface area contributed by atoms with Crippen molar-refractivity contribution in [2.75, 3.05) is 0 Å². The molecule has 0 fully saturated rings. The van der Waals surface area contributed by atoms with Crippen molar-refractivity contribution in [1.82, 2.24) is 0 Å². The van der Waals surface area contributed by atoms with E-state index in [1.807, 2.05) is 0 Å². The molecule has 0 saturated heterocycles. The van der Waals surface area contributed by atoms with Gasteiger partial charge in [-0.2, -0.15) is 0 Å². The zero-order chi connectivity index (χ0) is 9.78. The van der Waals surface area contributed by atoms with Crippen LogP contribution in [0.3, 0.4) is 0 Å². The third-order valence-electron chi connectivity index (χ3n) is 0.728. The van der Waals surface area contributed by atoms with Crippen molar-refractivity contribution in [2.45, 2.75) is 12.8 Å². The Morgan fingerprint density at radius 1 is 1.14 bits per heavy atom. The van der Waals surface area contributed by atoms with Gasteiger partial charge in [0.2, 0.25) is 0 Å². The first-order valence-corrected chi connectivity index (χ1v) is 4.02. The summed E-state index contributed by atoms with van der Waals surface area (Å²) in [7, 11) is -5.08. The van der Waals surface area contributed by atoms with Gasteiger partial charge in [0.15, 0.2) is 0 Å². The van der Waals surface area contributed by atoms with Crippen molar-refractivity contribution in [3.63, 3.8) is 0 Å². The summed E-state index contributed by atoms with van der Waals surface area (Å²) >= 11 is 0. The SMILES string of the molecule is O=C([O-])CCC(=O)OS(=O)(=O)[O-].[Na+].[Na+]. The summed E-state index contributed by atoms with van der Waals surface area (Å²) in [6.45, 7) is 0. The van der Waals surface area contributed by atoms with E-state index < -0.39 is 35.2 Å². The molecule has 0 aromatic carbocycles. The van der Waals surface area contributed by atoms with Gasteiger partial charge in [0.25, 0.3) is 10.4 Å². The zero-order valence-electron chi connectivity index (χ0n) is 7.68. The molecule has 0 unspecified atom stereocenters. The van der Waals surface area contributed by atoms with Gasteiger partial charge in [0.05, 0.1) is 6.42 Å². The first-order valence-electron chi connectivity index (χ1n) is 2.69. The van der Waals surface area contributed by atoms with Crippen LogP contribution in [0.5, 0.6) is 0 Å². The fraction of sp³-hybridized carbons (Fsp3) is 0.500. The zero-order valence-corrected chi connectivity index (χ0v) is 12.5. The van der Waals surface area contributed by atoms with Gasteiger partial charge < -0.3 is 18.6 Å². The van der Waals surface area contributed by atoms with Gasteiger partial charge in [-0.25, -0.2) is 8.42 Å². The van der Waals surface area contributed by atoms with Crippen LogP contribution in [0.2, 0.25) is 0 Å². The van der Waals surface area contributed by atoms with Crippen molar-refractivity contribution in [3.05, 3.63) is 0 Å². The molecule has 0 N–H and O–H groups in total. The minimum atomic E-state index is -5.08. The number of rotatable bonds is 4. The fourth-order valence-corrected chi connectivity index (χ4v) is 0.671. The summed E-state index contributed by atoms with van der Waals surface area (Å²) in [5.74, 6) is -2.94. The van der Waals surface area contributed by atoms with Crippen LogP contribution >= 0.6 is 0 Å². The molecule has 70 valence electrons. The van der Waals surface area contributed by atoms with Gasteiger partial charge >= 0.3 is 65.1 Å². The van der Waals surface area contributed by atoms with Crippen molar-refractivity contribution >= 4 is 22.3 Å². The molecule has 0 aliphatic heterocycles. The molecule has 0 atom stereocenters. The standard InChI is InChI=1S/C4H6O7S.2Na/c5-3(6)1-2-4(7)11-12(8,9)10;;/h1-2H2,(H,5,6)(H,8,9,10);;/q;2*+1/p-2. The van der Waals surface area contributed by atoms with E-state index in [9.17, 15) is 27.7 Å². The van der Waals surface area contributed by atoms with E-state index in [-0.39, 0.29) is 59.1 Å². The van der Waals surface area contributed by atoms with E-state index in [4.69, 9.17) is 0 Å². The number of hydrogen-bond donors (Lipinski definition) is 0. The Bertz CT molecular complexity index is 284. The van der Waals surface area contributed by atoms with Gasteiger partial charge in [0.1, 0.15) is 0 Å². The Balaban J connectivity index is -0.000000605. The van der Waals surface area contributed by atoms with Crippen LogP contribution < -0.4 is 64.2 Å². The van der Waals surface area contributed by atoms with Crippen LogP contribution in [0.25, 0.3) is 0 Å². The Kier molecular flexibility index (Phi) is 13.2. The Labute approximate surface area is 125 Å². The van der Waals surface area contributed by atoms with E-state index in [1.54, 1.807) is 0 Å². The topological polar surface area (TPSA) is 124 Å². The van der Waals surface area contributed by atoms with Crippen LogP contribution in [-0.2, 0) is 24.2 Å². The molecule has 0 aromatic rings. The second-order valence-corrected chi connectivity index (χ2v) is 2.72. The quantitative estimate of drug-likeness (QED) is 0.272. The van der Waals surface area contributed by atoms with Crippen molar-refractivity contribution in [3.8, 4) is 0 Å². The predicted octanol–water partition coefficient (Wildman–Crippen LogP) is -8.47. The molecule has 0 amide bonds. The van der Waals surface area contributed by atoms with Crippen molar-refractivity contribution < 1.29 is 91.0 Å². The molecular weight excluding hydrogens is 238 g/mol. The monoisotopic (exact) mass is 242 g/mol. The van der Waals surface area contributed by atoms with Crippen LogP contribution in [0.1, 0.15) is 12.8 Å². The summed E-state index contributed by atoms with van der Waals surface area (Å²) in [4.78, 5) is 20.0. The number of hydrogen-bond acceptors (Lipinski definition) is 7. The maximum Gasteiger partial charge on any atom is 1.00 e. The number of carboxylic acids is 1. The maximum atomic E-state index is 10.3. The summed E-state index contributed by atoms with van der Waals surface area (Å²) < 4.78 is 32.4. The molecule has 10 heteroatoms. The van der Waals surface area contributed by atoms with Crippen LogP contribution in [0.15, 0.2) is 0 Å². The third kappa shape index (κ3) is 15.3. The number of carboxylic acid groups (broad SMARTS) is 1. The maximum absolute atomic E-state index is 10.3. The van der Waals surface area contributed by atoms with E-state index in [0.29, 0.717) is 0 Å². The molecule has 0 heterocycles. The minimum absolute atomic E-state index is 0. The Morgan fingerprint density at radius 3 is 1.86 bits per heavy atom. The van der Waals surface area contributed by atoms with Crippen molar-refractivity contribution in [2.24, 2.45) is 0 Å². The second kappa shape index (κ2) is 9.10. The minimum Gasteiger partial charge on any atom is -0.716 e. The predicted molar refractivity (Wildman–Crippen MR) is 30.0 cm³/mol. The average Bonchev–Trinajstić information content (AvgIpc) is 1.79. The number of carbonyl (C=O) groups is 2. The molecule has 0 aliphatic carbocycles. The van der Waals surface area contributed by atoms with Crippen LogP contribution in [0.4, 0.5) is 0 Å². The molecule has 0 spiro atoms. The van der Waals surface area contributed by atoms with E-state index in [2.05, 4.69) is 4.18 Å². The van der Waals surface area contributed by atoms with E-state index >= 15 is 0 Å². The largest absolute Gasteiger partial charge is 1.00 e. The number of carbonyl (C=O) groups excluding carboxylic acids is 2. The average molecular weight is 242 g/mol. The fourth-order valence-electron chi connectivity index (χ4n) is 0.360. The second-order valence-electron chi connectivity index (χ2n) is 1.74. The molecule has 0 radical (unpaired) electrons. The normalized spacial score (nSPS) is 9.21. The van der Waals surface area contributed by atoms with Gasteiger partial charge in [-0.15, -0.1) is 0 Å². The third-order valence-corrected chi connectivity index (χ3v) is 1.12. The summed E-state index contributed by atoms with van der Waals surface area (Å²) in [5, 5.41) is 9.72. The first-order chi connectivity index (χ1) is 5.31. The molecule has 0 aliphatic rings. The summed E-state index contributed by atoms with van der Waals surface area (Å²) in [6.07, 6.45) is -1.39. The molecule has 0 rings (SSSR count). The Morgan fingerprint density at radius 2 is 1.57 bits per heavy atom. The van der Waals surface area contributed by atoms with E-state index in [0.717, 1.165) is 0 Å². The van der Waals surface area contributed by atoms with E-state index in [1.165, 1.54) is 0 Å². The molecule has 0 aromatic heterocycles. The molecule has 7 nitrogen and oxygen atoms in total. The van der Waals surface area contributed by atoms with Crippen LogP contribution in [-0.4, -0.2) is 24.9 Å².